The molecule has 0 aromatic heterocycles. The minimum absolute atomic E-state index is 0.0744. The van der Waals surface area contributed by atoms with Crippen molar-refractivity contribution in [2.75, 3.05) is 13.1 Å². The molecule has 1 heterocycles. The number of carbonyl (C=O) groups is 2. The van der Waals surface area contributed by atoms with Crippen LogP contribution in [0.4, 0.5) is 4.79 Å². The third-order valence-corrected chi connectivity index (χ3v) is 3.53. The second kappa shape index (κ2) is 7.14. The SMILES string of the molecule is CC(C)OC(=O)C[C@@H]1CCN(C(=O)OC(C)(C)C)CC1C. The molecule has 1 rings (SSSR count). The van der Waals surface area contributed by atoms with Crippen LogP contribution in [0, 0.1) is 11.8 Å². The van der Waals surface area contributed by atoms with E-state index in [0.29, 0.717) is 19.5 Å². The average molecular weight is 299 g/mol. The van der Waals surface area contributed by atoms with Gasteiger partial charge in [0.15, 0.2) is 0 Å². The number of nitrogens with zero attached hydrogens (tertiary/aromatic N) is 1. The average Bonchev–Trinajstić information content (AvgIpc) is 2.28. The summed E-state index contributed by atoms with van der Waals surface area (Å²) < 4.78 is 10.6. The van der Waals surface area contributed by atoms with E-state index in [1.165, 1.54) is 0 Å². The normalized spacial score (nSPS) is 23.1. The highest BCUT2D eigenvalue weighted by molar-refractivity contribution is 5.70. The van der Waals surface area contributed by atoms with Crippen molar-refractivity contribution in [3.8, 4) is 0 Å². The summed E-state index contributed by atoms with van der Waals surface area (Å²) in [6.07, 6.45) is 0.905. The van der Waals surface area contributed by atoms with Gasteiger partial charge in [0.05, 0.1) is 6.10 Å². The second-order valence-electron chi connectivity index (χ2n) is 7.20. The fourth-order valence-electron chi connectivity index (χ4n) is 2.51. The van der Waals surface area contributed by atoms with E-state index < -0.39 is 5.60 Å². The summed E-state index contributed by atoms with van der Waals surface area (Å²) in [6.45, 7) is 12.6. The highest BCUT2D eigenvalue weighted by Crippen LogP contribution is 2.27. The van der Waals surface area contributed by atoms with Gasteiger partial charge in [-0.15, -0.1) is 0 Å². The van der Waals surface area contributed by atoms with Crippen molar-refractivity contribution in [1.29, 1.82) is 0 Å². The molecule has 1 fully saturated rings. The zero-order chi connectivity index (χ0) is 16.2. The highest BCUT2D eigenvalue weighted by atomic mass is 16.6. The van der Waals surface area contributed by atoms with Gasteiger partial charge in [0.1, 0.15) is 5.60 Å². The molecule has 0 spiro atoms. The zero-order valence-corrected chi connectivity index (χ0v) is 14.1. The molecule has 1 saturated heterocycles. The minimum Gasteiger partial charge on any atom is -0.463 e. The number of carbonyl (C=O) groups excluding carboxylic acids is 2. The van der Waals surface area contributed by atoms with Crippen LogP contribution in [-0.4, -0.2) is 41.8 Å². The van der Waals surface area contributed by atoms with E-state index in [9.17, 15) is 9.59 Å². The molecule has 1 aliphatic heterocycles. The van der Waals surface area contributed by atoms with Gasteiger partial charge in [-0.05, 0) is 52.9 Å². The van der Waals surface area contributed by atoms with Gasteiger partial charge in [-0.1, -0.05) is 6.92 Å². The quantitative estimate of drug-likeness (QED) is 0.751. The van der Waals surface area contributed by atoms with Crippen LogP contribution in [-0.2, 0) is 14.3 Å². The van der Waals surface area contributed by atoms with Gasteiger partial charge in [0.25, 0.3) is 0 Å². The number of hydrogen-bond acceptors (Lipinski definition) is 4. The lowest BCUT2D eigenvalue weighted by Gasteiger charge is -2.37. The van der Waals surface area contributed by atoms with Crippen LogP contribution >= 0.6 is 0 Å². The van der Waals surface area contributed by atoms with Crippen molar-refractivity contribution in [2.45, 2.75) is 66.1 Å². The smallest absolute Gasteiger partial charge is 0.410 e. The summed E-state index contributed by atoms with van der Waals surface area (Å²) >= 11 is 0. The standard InChI is InChI=1S/C16H29NO4/c1-11(2)20-14(18)9-13-7-8-17(10-12(13)3)15(19)21-16(4,5)6/h11-13H,7-10H2,1-6H3/t12?,13-/m0/s1. The summed E-state index contributed by atoms with van der Waals surface area (Å²) in [6, 6.07) is 0. The Hall–Kier alpha value is -1.26. The summed E-state index contributed by atoms with van der Waals surface area (Å²) in [7, 11) is 0. The first-order valence-corrected chi connectivity index (χ1v) is 7.76. The van der Waals surface area contributed by atoms with Gasteiger partial charge < -0.3 is 14.4 Å². The van der Waals surface area contributed by atoms with Gasteiger partial charge in [-0.2, -0.15) is 0 Å². The number of amides is 1. The summed E-state index contributed by atoms with van der Waals surface area (Å²) in [5, 5.41) is 0. The summed E-state index contributed by atoms with van der Waals surface area (Å²) in [5.74, 6) is 0.397. The van der Waals surface area contributed by atoms with E-state index in [0.717, 1.165) is 6.42 Å². The van der Waals surface area contributed by atoms with Gasteiger partial charge in [-0.25, -0.2) is 4.79 Å². The predicted octanol–water partition coefficient (Wildman–Crippen LogP) is 3.22. The van der Waals surface area contributed by atoms with E-state index in [1.54, 1.807) is 4.90 Å². The number of rotatable bonds is 3. The van der Waals surface area contributed by atoms with Gasteiger partial charge >= 0.3 is 12.1 Å². The van der Waals surface area contributed by atoms with Crippen molar-refractivity contribution in [3.05, 3.63) is 0 Å². The molecular formula is C16H29NO4. The second-order valence-corrected chi connectivity index (χ2v) is 7.20. The number of piperidine rings is 1. The van der Waals surface area contributed by atoms with Crippen LogP contribution in [0.3, 0.4) is 0 Å². The molecule has 0 N–H and O–H groups in total. The van der Waals surface area contributed by atoms with Crippen molar-refractivity contribution >= 4 is 12.1 Å². The Morgan fingerprint density at radius 3 is 2.38 bits per heavy atom. The molecule has 0 radical (unpaired) electrons. The number of ether oxygens (including phenoxy) is 2. The van der Waals surface area contributed by atoms with Crippen molar-refractivity contribution in [2.24, 2.45) is 11.8 Å². The first-order valence-electron chi connectivity index (χ1n) is 7.76. The lowest BCUT2D eigenvalue weighted by molar-refractivity contribution is -0.149. The van der Waals surface area contributed by atoms with Gasteiger partial charge in [0.2, 0.25) is 0 Å². The highest BCUT2D eigenvalue weighted by Gasteiger charge is 2.32. The summed E-state index contributed by atoms with van der Waals surface area (Å²) in [4.78, 5) is 25.5. The van der Waals surface area contributed by atoms with Crippen LogP contribution in [0.25, 0.3) is 0 Å². The van der Waals surface area contributed by atoms with Crippen molar-refractivity contribution in [1.82, 2.24) is 4.90 Å². The Morgan fingerprint density at radius 1 is 1.29 bits per heavy atom. The Morgan fingerprint density at radius 2 is 1.90 bits per heavy atom. The zero-order valence-electron chi connectivity index (χ0n) is 14.1. The number of hydrogen-bond donors (Lipinski definition) is 0. The fraction of sp³-hybridized carbons (Fsp3) is 0.875. The maximum Gasteiger partial charge on any atom is 0.410 e. The molecule has 5 heteroatoms. The molecule has 5 nitrogen and oxygen atoms in total. The number of esters is 1. The largest absolute Gasteiger partial charge is 0.463 e. The lowest BCUT2D eigenvalue weighted by Crippen LogP contribution is -2.45. The van der Waals surface area contributed by atoms with E-state index in [-0.39, 0.29) is 30.0 Å². The van der Waals surface area contributed by atoms with E-state index in [4.69, 9.17) is 9.47 Å². The molecule has 1 aliphatic rings. The molecule has 122 valence electrons. The van der Waals surface area contributed by atoms with Gasteiger partial charge in [-0.3, -0.25) is 4.79 Å². The molecule has 0 aliphatic carbocycles. The molecule has 0 bridgehead atoms. The third kappa shape index (κ3) is 6.36. The summed E-state index contributed by atoms with van der Waals surface area (Å²) in [5.41, 5.74) is -0.474. The fourth-order valence-corrected chi connectivity index (χ4v) is 2.51. The van der Waals surface area contributed by atoms with Crippen LogP contribution in [0.2, 0.25) is 0 Å². The molecule has 21 heavy (non-hydrogen) atoms. The maximum atomic E-state index is 12.0. The van der Waals surface area contributed by atoms with E-state index in [1.807, 2.05) is 34.6 Å². The molecular weight excluding hydrogens is 270 g/mol. The molecule has 0 aromatic rings. The Kier molecular flexibility index (Phi) is 6.05. The first kappa shape index (κ1) is 17.8. The van der Waals surface area contributed by atoms with Crippen LogP contribution in [0.15, 0.2) is 0 Å². The molecule has 1 amide bonds. The maximum absolute atomic E-state index is 12.0. The Labute approximate surface area is 128 Å². The monoisotopic (exact) mass is 299 g/mol. The Balaban J connectivity index is 2.47. The van der Waals surface area contributed by atoms with E-state index >= 15 is 0 Å². The Bertz CT molecular complexity index is 373. The molecule has 0 aromatic carbocycles. The van der Waals surface area contributed by atoms with E-state index in [2.05, 4.69) is 6.92 Å². The van der Waals surface area contributed by atoms with Crippen LogP contribution in [0.1, 0.15) is 54.4 Å². The number of likely N-dealkylation sites (tertiary alicyclic amines) is 1. The minimum atomic E-state index is -0.474. The molecule has 0 saturated carbocycles. The van der Waals surface area contributed by atoms with Crippen molar-refractivity contribution < 1.29 is 19.1 Å². The first-order chi connectivity index (χ1) is 9.58. The molecule has 1 unspecified atom stereocenters. The topological polar surface area (TPSA) is 55.8 Å². The van der Waals surface area contributed by atoms with Crippen molar-refractivity contribution in [3.63, 3.8) is 0 Å². The van der Waals surface area contributed by atoms with Crippen LogP contribution < -0.4 is 0 Å². The molecule has 2 atom stereocenters. The lowest BCUT2D eigenvalue weighted by atomic mass is 9.84. The van der Waals surface area contributed by atoms with Gasteiger partial charge in [0, 0.05) is 19.5 Å². The predicted molar refractivity (Wildman–Crippen MR) is 80.9 cm³/mol. The third-order valence-electron chi connectivity index (χ3n) is 3.53. The van der Waals surface area contributed by atoms with Crippen LogP contribution in [0.5, 0.6) is 0 Å².